The molecule has 0 N–H and O–H groups in total. The van der Waals surface area contributed by atoms with Crippen LogP contribution >= 0.6 is 23.2 Å². The zero-order chi connectivity index (χ0) is 20.4. The minimum Gasteiger partial charge on any atom is -0.435 e. The summed E-state index contributed by atoms with van der Waals surface area (Å²) in [6.07, 6.45) is 3.32. The van der Waals surface area contributed by atoms with E-state index in [1.807, 2.05) is 30.3 Å². The molecule has 2 heterocycles. The van der Waals surface area contributed by atoms with Gasteiger partial charge in [-0.05, 0) is 23.8 Å². The van der Waals surface area contributed by atoms with E-state index in [1.165, 1.54) is 24.5 Å². The van der Waals surface area contributed by atoms with E-state index in [2.05, 4.69) is 19.9 Å². The third-order valence-electron chi connectivity index (χ3n) is 4.40. The van der Waals surface area contributed by atoms with Crippen LogP contribution in [-0.4, -0.2) is 21.8 Å². The SMILES string of the molecule is FC(F)Oc1ccc2c(Cc3c(Cl)cncc3Cl)nnc(-c3ccccc3)c2c1. The lowest BCUT2D eigenvalue weighted by Crippen LogP contribution is -2.04. The maximum Gasteiger partial charge on any atom is 0.387 e. The molecule has 0 aliphatic carbocycles. The number of alkyl halides is 2. The molecule has 0 radical (unpaired) electrons. The summed E-state index contributed by atoms with van der Waals surface area (Å²) in [5.74, 6) is 0.0450. The first-order valence-corrected chi connectivity index (χ1v) is 9.36. The van der Waals surface area contributed by atoms with Gasteiger partial charge >= 0.3 is 6.61 Å². The summed E-state index contributed by atoms with van der Waals surface area (Å²) in [5.41, 5.74) is 2.65. The predicted octanol–water partition coefficient (Wildman–Crippen LogP) is 6.19. The second-order valence-electron chi connectivity index (χ2n) is 6.21. The zero-order valence-corrected chi connectivity index (χ0v) is 16.3. The van der Waals surface area contributed by atoms with E-state index in [9.17, 15) is 8.78 Å². The summed E-state index contributed by atoms with van der Waals surface area (Å²) in [4.78, 5) is 3.95. The van der Waals surface area contributed by atoms with Gasteiger partial charge in [-0.15, -0.1) is 5.10 Å². The van der Waals surface area contributed by atoms with Gasteiger partial charge in [-0.3, -0.25) is 4.98 Å². The molecule has 0 aliphatic heterocycles. The van der Waals surface area contributed by atoms with Crippen molar-refractivity contribution >= 4 is 34.0 Å². The highest BCUT2D eigenvalue weighted by atomic mass is 35.5. The second kappa shape index (κ2) is 8.27. The number of aromatic nitrogens is 3. The lowest BCUT2D eigenvalue weighted by molar-refractivity contribution is -0.0497. The number of halogens is 4. The number of hydrogen-bond acceptors (Lipinski definition) is 4. The Morgan fingerprint density at radius 2 is 1.62 bits per heavy atom. The van der Waals surface area contributed by atoms with Crippen LogP contribution in [0.3, 0.4) is 0 Å². The number of benzene rings is 2. The van der Waals surface area contributed by atoms with Gasteiger partial charge in [-0.2, -0.15) is 13.9 Å². The summed E-state index contributed by atoms with van der Waals surface area (Å²) in [6, 6.07) is 14.1. The molecule has 0 aliphatic rings. The number of pyridine rings is 1. The average molecular weight is 432 g/mol. The number of nitrogens with zero attached hydrogens (tertiary/aromatic N) is 3. The molecule has 4 nitrogen and oxygen atoms in total. The molecule has 0 saturated carbocycles. The van der Waals surface area contributed by atoms with E-state index in [4.69, 9.17) is 23.2 Å². The highest BCUT2D eigenvalue weighted by Crippen LogP contribution is 2.33. The van der Waals surface area contributed by atoms with Gasteiger partial charge in [0.25, 0.3) is 0 Å². The van der Waals surface area contributed by atoms with Gasteiger partial charge < -0.3 is 4.74 Å². The van der Waals surface area contributed by atoms with Crippen LogP contribution in [0.25, 0.3) is 22.0 Å². The van der Waals surface area contributed by atoms with Gasteiger partial charge in [0.05, 0.1) is 15.7 Å². The first-order valence-electron chi connectivity index (χ1n) is 8.60. The molecule has 0 spiro atoms. The monoisotopic (exact) mass is 431 g/mol. The molecular weight excluding hydrogens is 419 g/mol. The van der Waals surface area contributed by atoms with Crippen LogP contribution in [-0.2, 0) is 6.42 Å². The Morgan fingerprint density at radius 3 is 2.31 bits per heavy atom. The molecule has 29 heavy (non-hydrogen) atoms. The maximum atomic E-state index is 12.7. The molecule has 4 aromatic rings. The largest absolute Gasteiger partial charge is 0.435 e. The van der Waals surface area contributed by atoms with Crippen LogP contribution in [0.1, 0.15) is 11.3 Å². The highest BCUT2D eigenvalue weighted by molar-refractivity contribution is 6.35. The summed E-state index contributed by atoms with van der Waals surface area (Å²) in [5, 5.41) is 10.9. The van der Waals surface area contributed by atoms with Crippen molar-refractivity contribution in [2.75, 3.05) is 0 Å². The molecule has 0 unspecified atom stereocenters. The van der Waals surface area contributed by atoms with Crippen molar-refractivity contribution in [2.45, 2.75) is 13.0 Å². The molecular formula is C21H13Cl2F2N3O. The van der Waals surface area contributed by atoms with E-state index in [1.54, 1.807) is 6.07 Å². The molecule has 0 saturated heterocycles. The molecule has 4 rings (SSSR count). The molecule has 0 atom stereocenters. The fourth-order valence-corrected chi connectivity index (χ4v) is 3.58. The molecule has 0 bridgehead atoms. The maximum absolute atomic E-state index is 12.7. The van der Waals surface area contributed by atoms with Crippen LogP contribution in [0.2, 0.25) is 10.0 Å². The van der Waals surface area contributed by atoms with Crippen molar-refractivity contribution in [3.05, 3.63) is 82.2 Å². The van der Waals surface area contributed by atoms with Crippen LogP contribution in [0.15, 0.2) is 60.9 Å². The Kier molecular flexibility index (Phi) is 5.56. The fraction of sp³-hybridized carbons (Fsp3) is 0.0952. The average Bonchev–Trinajstić information content (AvgIpc) is 2.71. The summed E-state index contributed by atoms with van der Waals surface area (Å²) < 4.78 is 30.0. The number of rotatable bonds is 5. The van der Waals surface area contributed by atoms with Crippen molar-refractivity contribution < 1.29 is 13.5 Å². The third kappa shape index (κ3) is 4.13. The Labute approximate surface area is 175 Å². The van der Waals surface area contributed by atoms with Gasteiger partial charge in [-0.1, -0.05) is 53.5 Å². The van der Waals surface area contributed by atoms with Gasteiger partial charge in [0.1, 0.15) is 11.4 Å². The lowest BCUT2D eigenvalue weighted by atomic mass is 10.0. The van der Waals surface area contributed by atoms with Crippen molar-refractivity contribution in [3.8, 4) is 17.0 Å². The summed E-state index contributed by atoms with van der Waals surface area (Å²) >= 11 is 12.5. The second-order valence-corrected chi connectivity index (χ2v) is 7.02. The van der Waals surface area contributed by atoms with E-state index < -0.39 is 6.61 Å². The van der Waals surface area contributed by atoms with Gasteiger partial charge in [-0.25, -0.2) is 0 Å². The van der Waals surface area contributed by atoms with Crippen molar-refractivity contribution in [1.29, 1.82) is 0 Å². The lowest BCUT2D eigenvalue weighted by Gasteiger charge is -2.13. The molecule has 2 aromatic heterocycles. The smallest absolute Gasteiger partial charge is 0.387 e. The van der Waals surface area contributed by atoms with Crippen molar-refractivity contribution in [2.24, 2.45) is 0 Å². The Balaban J connectivity index is 1.89. The molecule has 0 amide bonds. The Hall–Kier alpha value is -2.83. The minimum absolute atomic E-state index is 0.0450. The molecule has 146 valence electrons. The van der Waals surface area contributed by atoms with Crippen LogP contribution in [0.5, 0.6) is 5.75 Å². The molecule has 8 heteroatoms. The quantitative estimate of drug-likeness (QED) is 0.377. The van der Waals surface area contributed by atoms with E-state index >= 15 is 0 Å². The minimum atomic E-state index is -2.92. The topological polar surface area (TPSA) is 47.9 Å². The van der Waals surface area contributed by atoms with E-state index in [0.717, 1.165) is 10.9 Å². The van der Waals surface area contributed by atoms with Gasteiger partial charge in [0.2, 0.25) is 0 Å². The van der Waals surface area contributed by atoms with Gasteiger partial charge in [0.15, 0.2) is 0 Å². The van der Waals surface area contributed by atoms with Crippen molar-refractivity contribution in [3.63, 3.8) is 0 Å². The molecule has 0 fully saturated rings. The number of ether oxygens (including phenoxy) is 1. The summed E-state index contributed by atoms with van der Waals surface area (Å²) in [6.45, 7) is -2.92. The van der Waals surface area contributed by atoms with E-state index in [-0.39, 0.29) is 5.75 Å². The zero-order valence-electron chi connectivity index (χ0n) is 14.8. The van der Waals surface area contributed by atoms with Crippen LogP contribution in [0, 0.1) is 0 Å². The summed E-state index contributed by atoms with van der Waals surface area (Å²) in [7, 11) is 0. The van der Waals surface area contributed by atoms with E-state index in [0.29, 0.717) is 38.8 Å². The normalized spacial score (nSPS) is 11.2. The third-order valence-corrected chi connectivity index (χ3v) is 5.05. The van der Waals surface area contributed by atoms with Crippen molar-refractivity contribution in [1.82, 2.24) is 15.2 Å². The first-order chi connectivity index (χ1) is 14.0. The standard InChI is InChI=1S/C21H13Cl2F2N3O/c22-17-10-26-11-18(23)16(17)9-19-14-7-6-13(29-21(24)25)8-15(14)20(28-27-19)12-4-2-1-3-5-12/h1-8,10-11,21H,9H2. The van der Waals surface area contributed by atoms with Crippen LogP contribution < -0.4 is 4.74 Å². The predicted molar refractivity (Wildman–Crippen MR) is 109 cm³/mol. The number of fused-ring (bicyclic) bond motifs is 1. The number of hydrogen-bond donors (Lipinski definition) is 0. The fourth-order valence-electron chi connectivity index (χ4n) is 3.08. The highest BCUT2D eigenvalue weighted by Gasteiger charge is 2.16. The Bertz CT molecular complexity index is 1150. The Morgan fingerprint density at radius 1 is 0.897 bits per heavy atom. The van der Waals surface area contributed by atoms with Gasteiger partial charge in [0, 0.05) is 35.2 Å². The first kappa shape index (κ1) is 19.5. The molecule has 2 aromatic carbocycles. The van der Waals surface area contributed by atoms with Crippen LogP contribution in [0.4, 0.5) is 8.78 Å².